The van der Waals surface area contributed by atoms with Crippen LogP contribution in [0.4, 0.5) is 5.69 Å². The SMILES string of the molecule is COc1cccc(/C=N\NC(=O)[C@H]2CC(=O)N(c3ccc(C)c(C)c3)C2)c1O. The van der Waals surface area contributed by atoms with Crippen LogP contribution in [0, 0.1) is 19.8 Å². The molecular formula is C21H23N3O4. The van der Waals surface area contributed by atoms with Gasteiger partial charge in [-0.2, -0.15) is 5.10 Å². The number of amides is 2. The van der Waals surface area contributed by atoms with Gasteiger partial charge in [-0.25, -0.2) is 5.43 Å². The summed E-state index contributed by atoms with van der Waals surface area (Å²) in [6, 6.07) is 10.8. The summed E-state index contributed by atoms with van der Waals surface area (Å²) in [4.78, 5) is 26.4. The predicted octanol–water partition coefficient (Wildman–Crippen LogP) is 2.52. The van der Waals surface area contributed by atoms with Gasteiger partial charge in [0.2, 0.25) is 11.8 Å². The Bertz CT molecular complexity index is 939. The van der Waals surface area contributed by atoms with E-state index < -0.39 is 5.92 Å². The molecule has 7 heteroatoms. The van der Waals surface area contributed by atoms with E-state index in [0.717, 1.165) is 16.8 Å². The number of hydrogen-bond donors (Lipinski definition) is 2. The summed E-state index contributed by atoms with van der Waals surface area (Å²) < 4.78 is 5.03. The molecule has 2 N–H and O–H groups in total. The molecule has 28 heavy (non-hydrogen) atoms. The zero-order valence-electron chi connectivity index (χ0n) is 16.1. The van der Waals surface area contributed by atoms with E-state index in [9.17, 15) is 14.7 Å². The second kappa shape index (κ2) is 8.12. The van der Waals surface area contributed by atoms with Crippen LogP contribution in [0.3, 0.4) is 0 Å². The highest BCUT2D eigenvalue weighted by Gasteiger charge is 2.35. The number of aromatic hydroxyl groups is 1. The van der Waals surface area contributed by atoms with Gasteiger partial charge >= 0.3 is 0 Å². The van der Waals surface area contributed by atoms with Crippen molar-refractivity contribution in [3.05, 3.63) is 53.1 Å². The third kappa shape index (κ3) is 3.98. The standard InChI is InChI=1S/C21H23N3O4/c1-13-7-8-17(9-14(13)2)24-12-16(10-19(24)25)21(27)23-22-11-15-5-4-6-18(28-3)20(15)26/h4-9,11,16,26H,10,12H2,1-3H3,(H,23,27)/b22-11-/t16-/m0/s1. The van der Waals surface area contributed by atoms with Gasteiger partial charge in [0.05, 0.1) is 19.2 Å². The fraction of sp³-hybridized carbons (Fsp3) is 0.286. The largest absolute Gasteiger partial charge is 0.504 e. The van der Waals surface area contributed by atoms with E-state index in [4.69, 9.17) is 4.74 Å². The number of phenolic OH excluding ortho intramolecular Hbond substituents is 1. The summed E-state index contributed by atoms with van der Waals surface area (Å²) in [6.45, 7) is 4.32. The average Bonchev–Trinajstić information content (AvgIpc) is 3.07. The highest BCUT2D eigenvalue weighted by molar-refractivity contribution is 6.00. The minimum absolute atomic E-state index is 0.0556. The Morgan fingerprint density at radius 2 is 2.07 bits per heavy atom. The Hall–Kier alpha value is -3.35. The summed E-state index contributed by atoms with van der Waals surface area (Å²) in [5, 5.41) is 13.9. The summed E-state index contributed by atoms with van der Waals surface area (Å²) in [5.74, 6) is -0.637. The van der Waals surface area contributed by atoms with E-state index in [0.29, 0.717) is 17.9 Å². The lowest BCUT2D eigenvalue weighted by Crippen LogP contribution is -2.30. The summed E-state index contributed by atoms with van der Waals surface area (Å²) >= 11 is 0. The Balaban J connectivity index is 1.64. The molecular weight excluding hydrogens is 358 g/mol. The number of rotatable bonds is 5. The molecule has 0 unspecified atom stereocenters. The summed E-state index contributed by atoms with van der Waals surface area (Å²) in [5.41, 5.74) is 5.92. The molecule has 0 saturated carbocycles. The van der Waals surface area contributed by atoms with Crippen molar-refractivity contribution in [3.63, 3.8) is 0 Å². The first-order chi connectivity index (χ1) is 13.4. The van der Waals surface area contributed by atoms with Crippen molar-refractivity contribution in [2.75, 3.05) is 18.6 Å². The maximum absolute atomic E-state index is 12.4. The number of aryl methyl sites for hydroxylation is 2. The fourth-order valence-corrected chi connectivity index (χ4v) is 3.09. The topological polar surface area (TPSA) is 91.2 Å². The van der Waals surface area contributed by atoms with E-state index in [-0.39, 0.29) is 24.0 Å². The predicted molar refractivity (Wildman–Crippen MR) is 107 cm³/mol. The second-order valence-electron chi connectivity index (χ2n) is 6.81. The number of hydrazone groups is 1. The normalized spacial score (nSPS) is 16.6. The van der Waals surface area contributed by atoms with Crippen molar-refractivity contribution in [2.24, 2.45) is 11.0 Å². The second-order valence-corrected chi connectivity index (χ2v) is 6.81. The molecule has 0 spiro atoms. The third-order valence-corrected chi connectivity index (χ3v) is 4.93. The molecule has 0 bridgehead atoms. The van der Waals surface area contributed by atoms with Crippen molar-refractivity contribution in [1.82, 2.24) is 5.43 Å². The summed E-state index contributed by atoms with van der Waals surface area (Å²) in [6.07, 6.45) is 1.48. The molecule has 1 aliphatic rings. The zero-order valence-corrected chi connectivity index (χ0v) is 16.1. The fourth-order valence-electron chi connectivity index (χ4n) is 3.09. The molecule has 2 aromatic carbocycles. The molecule has 2 aromatic rings. The van der Waals surface area contributed by atoms with E-state index in [2.05, 4.69) is 10.5 Å². The van der Waals surface area contributed by atoms with Crippen LogP contribution in [0.15, 0.2) is 41.5 Å². The number of ether oxygens (including phenoxy) is 1. The van der Waals surface area contributed by atoms with Crippen LogP contribution in [-0.4, -0.2) is 36.8 Å². The number of hydrogen-bond acceptors (Lipinski definition) is 5. The van der Waals surface area contributed by atoms with Crippen molar-refractivity contribution in [3.8, 4) is 11.5 Å². The van der Waals surface area contributed by atoms with E-state index in [1.807, 2.05) is 32.0 Å². The third-order valence-electron chi connectivity index (χ3n) is 4.93. The molecule has 1 fully saturated rings. The van der Waals surface area contributed by atoms with Crippen molar-refractivity contribution >= 4 is 23.7 Å². The number of phenols is 1. The highest BCUT2D eigenvalue weighted by Crippen LogP contribution is 2.28. The number of carbonyl (C=O) groups excluding carboxylic acids is 2. The number of methoxy groups -OCH3 is 1. The molecule has 2 amide bonds. The van der Waals surface area contributed by atoms with Crippen LogP contribution in [0.25, 0.3) is 0 Å². The molecule has 7 nitrogen and oxygen atoms in total. The van der Waals surface area contributed by atoms with Crippen LogP contribution in [0.5, 0.6) is 11.5 Å². The van der Waals surface area contributed by atoms with Gasteiger partial charge in [0.15, 0.2) is 11.5 Å². The minimum Gasteiger partial charge on any atom is -0.504 e. The maximum atomic E-state index is 12.4. The first-order valence-electron chi connectivity index (χ1n) is 8.97. The molecule has 3 rings (SSSR count). The minimum atomic E-state index is -0.481. The van der Waals surface area contributed by atoms with Crippen molar-refractivity contribution < 1.29 is 19.4 Å². The monoisotopic (exact) mass is 381 g/mol. The Labute approximate surface area is 163 Å². The van der Waals surface area contributed by atoms with Gasteiger partial charge in [0, 0.05) is 24.2 Å². The van der Waals surface area contributed by atoms with Gasteiger partial charge in [-0.15, -0.1) is 0 Å². The summed E-state index contributed by atoms with van der Waals surface area (Å²) in [7, 11) is 1.45. The van der Waals surface area contributed by atoms with Gasteiger partial charge in [-0.05, 0) is 49.2 Å². The Morgan fingerprint density at radius 3 is 2.79 bits per heavy atom. The number of para-hydroxylation sites is 1. The van der Waals surface area contributed by atoms with E-state index in [1.165, 1.54) is 13.3 Å². The van der Waals surface area contributed by atoms with Gasteiger partial charge in [0.25, 0.3) is 0 Å². The highest BCUT2D eigenvalue weighted by atomic mass is 16.5. The first kappa shape index (κ1) is 19.4. The molecule has 0 radical (unpaired) electrons. The van der Waals surface area contributed by atoms with E-state index in [1.54, 1.807) is 23.1 Å². The average molecular weight is 381 g/mol. The van der Waals surface area contributed by atoms with Crippen LogP contribution in [0.2, 0.25) is 0 Å². The molecule has 146 valence electrons. The molecule has 1 saturated heterocycles. The number of benzene rings is 2. The Kier molecular flexibility index (Phi) is 5.63. The van der Waals surface area contributed by atoms with Crippen LogP contribution < -0.4 is 15.1 Å². The lowest BCUT2D eigenvalue weighted by atomic mass is 10.1. The van der Waals surface area contributed by atoms with Crippen LogP contribution >= 0.6 is 0 Å². The quantitative estimate of drug-likeness (QED) is 0.615. The van der Waals surface area contributed by atoms with Gasteiger partial charge in [-0.1, -0.05) is 12.1 Å². The van der Waals surface area contributed by atoms with Crippen molar-refractivity contribution in [1.29, 1.82) is 0 Å². The van der Waals surface area contributed by atoms with Crippen LogP contribution in [0.1, 0.15) is 23.1 Å². The number of nitrogens with one attached hydrogen (secondary N) is 1. The molecule has 0 aliphatic carbocycles. The first-order valence-corrected chi connectivity index (χ1v) is 8.97. The van der Waals surface area contributed by atoms with Crippen molar-refractivity contribution in [2.45, 2.75) is 20.3 Å². The molecule has 1 atom stereocenters. The van der Waals surface area contributed by atoms with Gasteiger partial charge < -0.3 is 14.7 Å². The number of nitrogens with zero attached hydrogens (tertiary/aromatic N) is 2. The van der Waals surface area contributed by atoms with Gasteiger partial charge in [0.1, 0.15) is 0 Å². The van der Waals surface area contributed by atoms with Crippen LogP contribution in [-0.2, 0) is 9.59 Å². The molecule has 0 aromatic heterocycles. The lowest BCUT2D eigenvalue weighted by Gasteiger charge is -2.17. The number of carbonyl (C=O) groups is 2. The molecule has 1 heterocycles. The van der Waals surface area contributed by atoms with E-state index >= 15 is 0 Å². The molecule has 1 aliphatic heterocycles. The smallest absolute Gasteiger partial charge is 0.245 e. The maximum Gasteiger partial charge on any atom is 0.245 e. The van der Waals surface area contributed by atoms with Gasteiger partial charge in [-0.3, -0.25) is 9.59 Å². The zero-order chi connectivity index (χ0) is 20.3. The Morgan fingerprint density at radius 1 is 1.29 bits per heavy atom. The number of anilines is 1. The lowest BCUT2D eigenvalue weighted by molar-refractivity contribution is -0.126.